The van der Waals surface area contributed by atoms with E-state index >= 15 is 0 Å². The van der Waals surface area contributed by atoms with Crippen molar-refractivity contribution in [2.45, 2.75) is 25.5 Å². The second kappa shape index (κ2) is 5.28. The lowest BCUT2D eigenvalue weighted by Crippen LogP contribution is -2.37. The van der Waals surface area contributed by atoms with Crippen molar-refractivity contribution >= 4 is 28.7 Å². The molecule has 0 spiro atoms. The van der Waals surface area contributed by atoms with E-state index in [0.29, 0.717) is 22.9 Å². The molecule has 20 heavy (non-hydrogen) atoms. The Labute approximate surface area is 119 Å². The third kappa shape index (κ3) is 2.20. The van der Waals surface area contributed by atoms with Gasteiger partial charge in [0, 0.05) is 20.6 Å². The molecule has 0 saturated carbocycles. The number of Topliss-reactive ketones (excluding diaryl/α,β-unsaturated/α-hetero) is 1. The van der Waals surface area contributed by atoms with E-state index in [0.717, 1.165) is 4.57 Å². The molecule has 0 aromatic carbocycles. The topological polar surface area (TPSA) is 78.9 Å². The van der Waals surface area contributed by atoms with Crippen LogP contribution in [0.3, 0.4) is 0 Å². The summed E-state index contributed by atoms with van der Waals surface area (Å²) >= 11 is 1.27. The van der Waals surface area contributed by atoms with Gasteiger partial charge in [0.1, 0.15) is 5.78 Å². The van der Waals surface area contributed by atoms with Gasteiger partial charge in [-0.15, -0.1) is 0 Å². The largest absolute Gasteiger partial charge is 0.332 e. The second-order valence-corrected chi connectivity index (χ2v) is 5.45. The Morgan fingerprint density at radius 2 is 1.90 bits per heavy atom. The normalized spacial score (nSPS) is 11.2. The zero-order chi connectivity index (χ0) is 15.0. The summed E-state index contributed by atoms with van der Waals surface area (Å²) in [6.07, 6.45) is 0. The molecule has 0 aliphatic rings. The fourth-order valence-corrected chi connectivity index (χ4v) is 2.86. The van der Waals surface area contributed by atoms with Crippen LogP contribution >= 0.6 is 11.8 Å². The van der Waals surface area contributed by atoms with Crippen LogP contribution in [0.25, 0.3) is 11.2 Å². The Morgan fingerprint density at radius 3 is 2.45 bits per heavy atom. The molecule has 2 aromatic rings. The van der Waals surface area contributed by atoms with Crippen LogP contribution in [0, 0.1) is 0 Å². The number of aromatic nitrogens is 4. The van der Waals surface area contributed by atoms with Crippen LogP contribution < -0.4 is 11.2 Å². The molecule has 8 heteroatoms. The number of rotatable bonds is 4. The minimum atomic E-state index is -0.411. The van der Waals surface area contributed by atoms with Gasteiger partial charge in [-0.3, -0.25) is 18.7 Å². The number of carbonyl (C=O) groups is 1. The highest BCUT2D eigenvalue weighted by Crippen LogP contribution is 2.21. The molecule has 0 atom stereocenters. The number of carbonyl (C=O) groups excluding carboxylic acids is 1. The van der Waals surface area contributed by atoms with Crippen molar-refractivity contribution in [2.75, 3.05) is 5.75 Å². The zero-order valence-corrected chi connectivity index (χ0v) is 12.7. The van der Waals surface area contributed by atoms with E-state index in [9.17, 15) is 14.4 Å². The highest BCUT2D eigenvalue weighted by Gasteiger charge is 2.18. The van der Waals surface area contributed by atoms with Crippen LogP contribution in [0.2, 0.25) is 0 Å². The van der Waals surface area contributed by atoms with Crippen molar-refractivity contribution in [1.82, 2.24) is 18.7 Å². The number of hydrogen-bond acceptors (Lipinski definition) is 5. The van der Waals surface area contributed by atoms with Gasteiger partial charge in [0.05, 0.1) is 5.75 Å². The molecule has 2 rings (SSSR count). The summed E-state index contributed by atoms with van der Waals surface area (Å²) < 4.78 is 4.15. The standard InChI is InChI=1S/C12H16N4O3S/c1-5-16-8-9(13-11(16)20-6-7(2)17)14(3)12(19)15(4)10(8)18/h5-6H2,1-4H3. The second-order valence-electron chi connectivity index (χ2n) is 4.51. The van der Waals surface area contributed by atoms with Crippen LogP contribution in [-0.2, 0) is 25.4 Å². The molecule has 0 aliphatic heterocycles. The summed E-state index contributed by atoms with van der Waals surface area (Å²) in [5.41, 5.74) is -0.0346. The predicted octanol–water partition coefficient (Wildman–Crippen LogP) is 0.135. The van der Waals surface area contributed by atoms with Crippen LogP contribution in [0.15, 0.2) is 14.7 Å². The van der Waals surface area contributed by atoms with Gasteiger partial charge in [0.15, 0.2) is 16.3 Å². The maximum absolute atomic E-state index is 12.2. The quantitative estimate of drug-likeness (QED) is 0.750. The number of ketones is 1. The Hall–Kier alpha value is -1.83. The number of aryl methyl sites for hydroxylation is 2. The maximum Gasteiger partial charge on any atom is 0.332 e. The van der Waals surface area contributed by atoms with Gasteiger partial charge in [-0.05, 0) is 13.8 Å². The molecule has 2 aromatic heterocycles. The molecule has 0 fully saturated rings. The summed E-state index contributed by atoms with van der Waals surface area (Å²) in [5.74, 6) is 0.323. The highest BCUT2D eigenvalue weighted by atomic mass is 32.2. The van der Waals surface area contributed by atoms with Crippen LogP contribution in [-0.4, -0.2) is 30.2 Å². The van der Waals surface area contributed by atoms with Crippen LogP contribution in [0.1, 0.15) is 13.8 Å². The first-order valence-electron chi connectivity index (χ1n) is 6.17. The molecule has 0 radical (unpaired) electrons. The van der Waals surface area contributed by atoms with E-state index in [4.69, 9.17) is 0 Å². The van der Waals surface area contributed by atoms with Gasteiger partial charge in [-0.25, -0.2) is 9.78 Å². The molecule has 0 saturated heterocycles. The highest BCUT2D eigenvalue weighted by molar-refractivity contribution is 7.99. The Bertz CT molecular complexity index is 800. The maximum atomic E-state index is 12.2. The summed E-state index contributed by atoms with van der Waals surface area (Å²) in [6, 6.07) is 0. The molecule has 2 heterocycles. The van der Waals surface area contributed by atoms with Crippen molar-refractivity contribution in [1.29, 1.82) is 0 Å². The van der Waals surface area contributed by atoms with Gasteiger partial charge in [-0.2, -0.15) is 0 Å². The minimum Gasteiger partial charge on any atom is -0.313 e. The monoisotopic (exact) mass is 296 g/mol. The van der Waals surface area contributed by atoms with Gasteiger partial charge in [0.2, 0.25) is 0 Å². The molecular weight excluding hydrogens is 280 g/mol. The number of thioether (sulfide) groups is 1. The Morgan fingerprint density at radius 1 is 1.25 bits per heavy atom. The molecule has 0 aliphatic carbocycles. The van der Waals surface area contributed by atoms with Crippen molar-refractivity contribution in [3.8, 4) is 0 Å². The molecule has 0 unspecified atom stereocenters. The van der Waals surface area contributed by atoms with Crippen molar-refractivity contribution in [3.05, 3.63) is 20.8 Å². The first-order chi connectivity index (χ1) is 9.38. The van der Waals surface area contributed by atoms with Crippen LogP contribution in [0.5, 0.6) is 0 Å². The first kappa shape index (κ1) is 14.6. The molecule has 0 amide bonds. The SMILES string of the molecule is CCn1c(SCC(C)=O)nc2c1c(=O)n(C)c(=O)n2C. The van der Waals surface area contributed by atoms with E-state index in [-0.39, 0.29) is 17.1 Å². The van der Waals surface area contributed by atoms with Crippen LogP contribution in [0.4, 0.5) is 0 Å². The Balaban J connectivity index is 2.78. The molecule has 0 bridgehead atoms. The third-order valence-corrected chi connectivity index (χ3v) is 4.15. The van der Waals surface area contributed by atoms with E-state index < -0.39 is 5.69 Å². The number of hydrogen-bond donors (Lipinski definition) is 0. The van der Waals surface area contributed by atoms with E-state index in [2.05, 4.69) is 4.98 Å². The first-order valence-corrected chi connectivity index (χ1v) is 7.15. The third-order valence-electron chi connectivity index (χ3n) is 3.03. The smallest absolute Gasteiger partial charge is 0.313 e. The average molecular weight is 296 g/mol. The number of imidazole rings is 1. The fraction of sp³-hybridized carbons (Fsp3) is 0.500. The van der Waals surface area contributed by atoms with E-state index in [1.54, 1.807) is 11.6 Å². The van der Waals surface area contributed by atoms with Crippen molar-refractivity contribution in [2.24, 2.45) is 14.1 Å². The van der Waals surface area contributed by atoms with Crippen molar-refractivity contribution in [3.63, 3.8) is 0 Å². The molecular formula is C12H16N4O3S. The summed E-state index contributed by atoms with van der Waals surface area (Å²) in [7, 11) is 3.02. The zero-order valence-electron chi connectivity index (χ0n) is 11.8. The summed E-state index contributed by atoms with van der Waals surface area (Å²) in [5, 5.41) is 0.580. The lowest BCUT2D eigenvalue weighted by atomic mass is 10.5. The van der Waals surface area contributed by atoms with Gasteiger partial charge in [0.25, 0.3) is 5.56 Å². The average Bonchev–Trinajstić information content (AvgIpc) is 2.79. The lowest BCUT2D eigenvalue weighted by Gasteiger charge is -2.05. The minimum absolute atomic E-state index is 0.0338. The van der Waals surface area contributed by atoms with Crippen molar-refractivity contribution < 1.29 is 4.79 Å². The number of nitrogens with zero attached hydrogens (tertiary/aromatic N) is 4. The molecule has 108 valence electrons. The fourth-order valence-electron chi connectivity index (χ4n) is 2.00. The van der Waals surface area contributed by atoms with E-state index in [1.165, 1.54) is 30.3 Å². The summed E-state index contributed by atoms with van der Waals surface area (Å²) in [6.45, 7) is 3.94. The van der Waals surface area contributed by atoms with Gasteiger partial charge < -0.3 is 4.57 Å². The Kier molecular flexibility index (Phi) is 3.85. The van der Waals surface area contributed by atoms with Gasteiger partial charge >= 0.3 is 5.69 Å². The van der Waals surface area contributed by atoms with Gasteiger partial charge in [-0.1, -0.05) is 11.8 Å². The van der Waals surface area contributed by atoms with E-state index in [1.807, 2.05) is 6.92 Å². The molecule has 0 N–H and O–H groups in total. The predicted molar refractivity (Wildman–Crippen MR) is 77.3 cm³/mol. The molecule has 7 nitrogen and oxygen atoms in total. The number of fused-ring (bicyclic) bond motifs is 1. The summed E-state index contributed by atoms with van der Waals surface area (Å²) in [4.78, 5) is 39.6. The lowest BCUT2D eigenvalue weighted by molar-refractivity contribution is -0.114.